The molecule has 0 aliphatic carbocycles. The number of nitriles is 1. The fourth-order valence-electron chi connectivity index (χ4n) is 4.80. The molecular weight excluding hydrogens is 444 g/mol. The molecule has 11 nitrogen and oxygen atoms in total. The first-order chi connectivity index (χ1) is 16.5. The predicted octanol–water partition coefficient (Wildman–Crippen LogP) is 3.45. The molecule has 184 valence electrons. The van der Waals surface area contributed by atoms with Crippen molar-refractivity contribution < 1.29 is 4.74 Å². The molecule has 2 N–H and O–H groups in total. The number of likely N-dealkylation sites (tertiary alicyclic amines) is 1. The highest BCUT2D eigenvalue weighted by molar-refractivity contribution is 5.63. The van der Waals surface area contributed by atoms with E-state index in [4.69, 9.17) is 4.74 Å². The minimum absolute atomic E-state index is 0.00563. The lowest BCUT2D eigenvalue weighted by atomic mass is 9.77. The smallest absolute Gasteiger partial charge is 0.229 e. The Bertz CT molecular complexity index is 1240. The van der Waals surface area contributed by atoms with E-state index in [0.29, 0.717) is 34.6 Å². The average Bonchev–Trinajstić information content (AvgIpc) is 3.23. The van der Waals surface area contributed by atoms with Gasteiger partial charge in [-0.1, -0.05) is 0 Å². The summed E-state index contributed by atoms with van der Waals surface area (Å²) < 4.78 is 7.07. The Kier molecular flexibility index (Phi) is 6.34. The molecule has 4 rings (SSSR count). The van der Waals surface area contributed by atoms with Crippen LogP contribution in [0, 0.1) is 18.3 Å². The van der Waals surface area contributed by atoms with Crippen LogP contribution >= 0.6 is 0 Å². The van der Waals surface area contributed by atoms with Crippen LogP contribution in [0.2, 0.25) is 0 Å². The SMILES string of the molecule is COc1cc(Nc2ncc(C#N)c(NC3CC(C)(C)N(C)C(C)(C)C3)n2)cc(-n2nnnc2C)c1. The Hall–Kier alpha value is -3.78. The van der Waals surface area contributed by atoms with Crippen LogP contribution in [0.3, 0.4) is 0 Å². The first kappa shape index (κ1) is 24.3. The highest BCUT2D eigenvalue weighted by Gasteiger charge is 2.43. The summed E-state index contributed by atoms with van der Waals surface area (Å²) in [4.78, 5) is 11.4. The van der Waals surface area contributed by atoms with Crippen molar-refractivity contribution in [1.29, 1.82) is 5.26 Å². The molecule has 0 radical (unpaired) electrons. The van der Waals surface area contributed by atoms with Crippen molar-refractivity contribution in [1.82, 2.24) is 35.1 Å². The number of aryl methyl sites for hydroxylation is 1. The fraction of sp³-hybridized carbons (Fsp3) is 0.500. The second-order valence-electron chi connectivity index (χ2n) is 10.2. The van der Waals surface area contributed by atoms with E-state index < -0.39 is 0 Å². The molecule has 1 aromatic carbocycles. The van der Waals surface area contributed by atoms with E-state index in [1.807, 2.05) is 25.1 Å². The fourth-order valence-corrected chi connectivity index (χ4v) is 4.80. The summed E-state index contributed by atoms with van der Waals surface area (Å²) in [6, 6.07) is 7.92. The van der Waals surface area contributed by atoms with Crippen molar-refractivity contribution in [3.8, 4) is 17.5 Å². The van der Waals surface area contributed by atoms with Gasteiger partial charge >= 0.3 is 0 Å². The van der Waals surface area contributed by atoms with E-state index in [9.17, 15) is 5.26 Å². The second-order valence-corrected chi connectivity index (χ2v) is 10.2. The monoisotopic (exact) mass is 476 g/mol. The summed E-state index contributed by atoms with van der Waals surface area (Å²) in [7, 11) is 3.77. The molecule has 35 heavy (non-hydrogen) atoms. The van der Waals surface area contributed by atoms with Gasteiger partial charge in [-0.05, 0) is 71.0 Å². The van der Waals surface area contributed by atoms with Gasteiger partial charge in [0.25, 0.3) is 0 Å². The van der Waals surface area contributed by atoms with Gasteiger partial charge in [-0.2, -0.15) is 14.9 Å². The number of anilines is 3. The molecule has 0 bridgehead atoms. The Morgan fingerprint density at radius 2 is 1.86 bits per heavy atom. The van der Waals surface area contributed by atoms with Crippen molar-refractivity contribution in [3.63, 3.8) is 0 Å². The minimum Gasteiger partial charge on any atom is -0.497 e. The van der Waals surface area contributed by atoms with Gasteiger partial charge in [0, 0.05) is 34.9 Å². The van der Waals surface area contributed by atoms with E-state index in [-0.39, 0.29) is 17.1 Å². The predicted molar refractivity (Wildman–Crippen MR) is 133 cm³/mol. The van der Waals surface area contributed by atoms with Crippen LogP contribution in [0.4, 0.5) is 17.5 Å². The van der Waals surface area contributed by atoms with Gasteiger partial charge in [0.1, 0.15) is 23.2 Å². The maximum Gasteiger partial charge on any atom is 0.229 e. The number of ether oxygens (including phenoxy) is 1. The molecule has 3 heterocycles. The zero-order chi connectivity index (χ0) is 25.4. The first-order valence-corrected chi connectivity index (χ1v) is 11.5. The lowest BCUT2D eigenvalue weighted by Crippen LogP contribution is -2.61. The summed E-state index contributed by atoms with van der Waals surface area (Å²) >= 11 is 0. The standard InChI is InChI=1S/C24H32N10O/c1-15-30-31-32-34(15)19-8-17(9-20(10-19)35-7)28-22-26-14-16(13-25)21(29-22)27-18-11-23(2,3)33(6)24(4,5)12-18/h8-10,14,18H,11-12H2,1-7H3,(H2,26,27,28,29). The number of methoxy groups -OCH3 is 1. The van der Waals surface area contributed by atoms with Crippen molar-refractivity contribution >= 4 is 17.5 Å². The quantitative estimate of drug-likeness (QED) is 0.545. The Balaban J connectivity index is 1.62. The Morgan fingerprint density at radius 1 is 1.14 bits per heavy atom. The van der Waals surface area contributed by atoms with Crippen LogP contribution < -0.4 is 15.4 Å². The molecule has 0 amide bonds. The molecule has 1 aliphatic heterocycles. The van der Waals surface area contributed by atoms with Gasteiger partial charge in [0.2, 0.25) is 5.95 Å². The van der Waals surface area contributed by atoms with E-state index in [0.717, 1.165) is 18.5 Å². The van der Waals surface area contributed by atoms with Gasteiger partial charge in [0.05, 0.1) is 19.0 Å². The zero-order valence-corrected chi connectivity index (χ0v) is 21.3. The molecule has 0 saturated carbocycles. The lowest BCUT2D eigenvalue weighted by Gasteiger charge is -2.53. The number of hydrogen-bond donors (Lipinski definition) is 2. The molecule has 11 heteroatoms. The summed E-state index contributed by atoms with van der Waals surface area (Å²) in [5, 5.41) is 28.1. The van der Waals surface area contributed by atoms with Gasteiger partial charge < -0.3 is 15.4 Å². The number of nitrogens with one attached hydrogen (secondary N) is 2. The normalized spacial score (nSPS) is 17.5. The zero-order valence-electron chi connectivity index (χ0n) is 21.3. The van der Waals surface area contributed by atoms with Gasteiger partial charge in [0.15, 0.2) is 5.82 Å². The van der Waals surface area contributed by atoms with E-state index >= 15 is 0 Å². The van der Waals surface area contributed by atoms with E-state index in [1.54, 1.807) is 11.8 Å². The van der Waals surface area contributed by atoms with Crippen molar-refractivity contribution in [2.75, 3.05) is 24.8 Å². The summed E-state index contributed by atoms with van der Waals surface area (Å²) in [6.45, 7) is 10.8. The third-order valence-electron chi connectivity index (χ3n) is 6.81. The molecule has 3 aromatic rings. The van der Waals surface area contributed by atoms with Crippen molar-refractivity contribution in [2.45, 2.75) is 64.6 Å². The van der Waals surface area contributed by atoms with Gasteiger partial charge in [-0.15, -0.1) is 5.10 Å². The van der Waals surface area contributed by atoms with Gasteiger partial charge in [-0.25, -0.2) is 4.98 Å². The largest absolute Gasteiger partial charge is 0.497 e. The van der Waals surface area contributed by atoms with E-state index in [1.165, 1.54) is 6.20 Å². The topological polar surface area (TPSA) is 130 Å². The highest BCUT2D eigenvalue weighted by atomic mass is 16.5. The van der Waals surface area contributed by atoms with Crippen LogP contribution in [0.25, 0.3) is 5.69 Å². The summed E-state index contributed by atoms with van der Waals surface area (Å²) in [5.41, 5.74) is 1.85. The Morgan fingerprint density at radius 3 is 2.46 bits per heavy atom. The summed E-state index contributed by atoms with van der Waals surface area (Å²) in [6.07, 6.45) is 3.39. The maximum absolute atomic E-state index is 9.68. The summed E-state index contributed by atoms with van der Waals surface area (Å²) in [5.74, 6) is 2.16. The molecular formula is C24H32N10O. The maximum atomic E-state index is 9.68. The molecule has 0 atom stereocenters. The van der Waals surface area contributed by atoms with Crippen molar-refractivity contribution in [3.05, 3.63) is 35.8 Å². The molecule has 0 spiro atoms. The molecule has 1 saturated heterocycles. The molecule has 1 aliphatic rings. The van der Waals surface area contributed by atoms with E-state index in [2.05, 4.69) is 81.8 Å². The second kappa shape index (κ2) is 9.11. The average molecular weight is 477 g/mol. The number of benzene rings is 1. The van der Waals surface area contributed by atoms with Crippen LogP contribution in [-0.4, -0.2) is 66.4 Å². The lowest BCUT2D eigenvalue weighted by molar-refractivity contribution is -0.00772. The minimum atomic E-state index is 0.00563. The Labute approximate surface area is 205 Å². The highest BCUT2D eigenvalue weighted by Crippen LogP contribution is 2.38. The number of nitrogens with zero attached hydrogens (tertiary/aromatic N) is 8. The molecule has 0 unspecified atom stereocenters. The number of rotatable bonds is 6. The molecule has 1 fully saturated rings. The number of aromatic nitrogens is 6. The number of tetrazole rings is 1. The van der Waals surface area contributed by atoms with Crippen LogP contribution in [-0.2, 0) is 0 Å². The van der Waals surface area contributed by atoms with Crippen LogP contribution in [0.5, 0.6) is 5.75 Å². The third-order valence-corrected chi connectivity index (χ3v) is 6.81. The number of hydrogen-bond acceptors (Lipinski definition) is 10. The van der Waals surface area contributed by atoms with Crippen LogP contribution in [0.15, 0.2) is 24.4 Å². The van der Waals surface area contributed by atoms with Crippen LogP contribution in [0.1, 0.15) is 51.9 Å². The number of piperidine rings is 1. The van der Waals surface area contributed by atoms with Crippen molar-refractivity contribution in [2.24, 2.45) is 0 Å². The third kappa shape index (κ3) is 5.02. The first-order valence-electron chi connectivity index (χ1n) is 11.5. The molecule has 2 aromatic heterocycles. The van der Waals surface area contributed by atoms with Gasteiger partial charge in [-0.3, -0.25) is 4.90 Å².